The molecule has 0 bridgehead atoms. The lowest BCUT2D eigenvalue weighted by Gasteiger charge is -2.30. The number of aliphatic hydroxyl groups is 1. The van der Waals surface area contributed by atoms with E-state index in [-0.39, 0.29) is 11.9 Å². The second-order valence-electron chi connectivity index (χ2n) is 4.22. The quantitative estimate of drug-likeness (QED) is 0.803. The molecule has 0 fully saturated rings. The zero-order valence-corrected chi connectivity index (χ0v) is 12.2. The maximum absolute atomic E-state index is 11.2. The Labute approximate surface area is 119 Å². The smallest absolute Gasteiger partial charge is 0.245 e. The van der Waals surface area contributed by atoms with Crippen LogP contribution in [0.1, 0.15) is 25.5 Å². The highest BCUT2D eigenvalue weighted by Gasteiger charge is 2.20. The Bertz CT molecular complexity index is 408. The Balaban J connectivity index is 2.92. The van der Waals surface area contributed by atoms with Gasteiger partial charge in [-0.2, -0.15) is 0 Å². The van der Waals surface area contributed by atoms with Gasteiger partial charge in [-0.05, 0) is 24.7 Å². The Kier molecular flexibility index (Phi) is 6.84. The van der Waals surface area contributed by atoms with Crippen LogP contribution in [0.3, 0.4) is 0 Å². The monoisotopic (exact) mass is 284 g/mol. The minimum Gasteiger partial charge on any atom is -0.387 e. The fourth-order valence-corrected chi connectivity index (χ4v) is 2.37. The number of carbonyl (C=O) groups is 1. The van der Waals surface area contributed by atoms with E-state index >= 15 is 0 Å². The van der Waals surface area contributed by atoms with Gasteiger partial charge in [0.15, 0.2) is 0 Å². The van der Waals surface area contributed by atoms with Crippen molar-refractivity contribution in [1.82, 2.24) is 10.2 Å². The average molecular weight is 285 g/mol. The molecule has 0 aromatic heterocycles. The molecule has 0 spiro atoms. The molecule has 1 aromatic carbocycles. The molecule has 19 heavy (non-hydrogen) atoms. The van der Waals surface area contributed by atoms with Gasteiger partial charge in [-0.25, -0.2) is 0 Å². The summed E-state index contributed by atoms with van der Waals surface area (Å²) in [7, 11) is 0. The van der Waals surface area contributed by atoms with E-state index in [1.807, 2.05) is 24.3 Å². The molecule has 0 aliphatic carbocycles. The predicted molar refractivity (Wildman–Crippen MR) is 77.2 cm³/mol. The Hall–Kier alpha value is -1.10. The highest BCUT2D eigenvalue weighted by atomic mass is 35.5. The van der Waals surface area contributed by atoms with Gasteiger partial charge in [0.05, 0.1) is 6.04 Å². The molecule has 0 saturated carbocycles. The van der Waals surface area contributed by atoms with Gasteiger partial charge in [-0.1, -0.05) is 43.6 Å². The summed E-state index contributed by atoms with van der Waals surface area (Å²) in [4.78, 5) is 13.4. The molecule has 2 N–H and O–H groups in total. The van der Waals surface area contributed by atoms with Crippen molar-refractivity contribution in [2.45, 2.75) is 19.9 Å². The fourth-order valence-electron chi connectivity index (χ4n) is 2.11. The van der Waals surface area contributed by atoms with Crippen LogP contribution in [0.4, 0.5) is 0 Å². The van der Waals surface area contributed by atoms with Gasteiger partial charge in [0.2, 0.25) is 5.91 Å². The first kappa shape index (κ1) is 16.0. The van der Waals surface area contributed by atoms with E-state index in [9.17, 15) is 4.79 Å². The lowest BCUT2D eigenvalue weighted by Crippen LogP contribution is -2.39. The van der Waals surface area contributed by atoms with Crippen molar-refractivity contribution in [2.75, 3.05) is 26.2 Å². The molecular weight excluding hydrogens is 264 g/mol. The van der Waals surface area contributed by atoms with Gasteiger partial charge in [-0.3, -0.25) is 9.69 Å². The minimum absolute atomic E-state index is 0.0131. The van der Waals surface area contributed by atoms with Crippen LogP contribution < -0.4 is 5.32 Å². The molecular formula is C14H21ClN2O2. The lowest BCUT2D eigenvalue weighted by molar-refractivity contribution is -0.124. The number of benzene rings is 1. The Morgan fingerprint density at radius 2 is 2.00 bits per heavy atom. The first-order valence-corrected chi connectivity index (χ1v) is 6.87. The largest absolute Gasteiger partial charge is 0.387 e. The number of rotatable bonds is 7. The molecule has 1 aromatic rings. The van der Waals surface area contributed by atoms with Crippen molar-refractivity contribution >= 4 is 17.5 Å². The van der Waals surface area contributed by atoms with Gasteiger partial charge in [0.1, 0.15) is 6.61 Å². The van der Waals surface area contributed by atoms with E-state index in [2.05, 4.69) is 24.1 Å². The van der Waals surface area contributed by atoms with Crippen molar-refractivity contribution in [3.63, 3.8) is 0 Å². The predicted octanol–water partition coefficient (Wildman–Crippen LogP) is 1.83. The zero-order valence-electron chi connectivity index (χ0n) is 11.4. The molecule has 0 aliphatic heterocycles. The fraction of sp³-hybridized carbons (Fsp3) is 0.500. The standard InChI is InChI=1S/C14H21ClN2O2/c1-3-17(4-2)13(9-16-14(19)10-18)11-7-5-6-8-12(11)15/h5-8,13,18H,3-4,9-10H2,1-2H3,(H,16,19). The van der Waals surface area contributed by atoms with Crippen LogP contribution in [0.15, 0.2) is 24.3 Å². The van der Waals surface area contributed by atoms with Crippen LogP contribution in [-0.2, 0) is 4.79 Å². The van der Waals surface area contributed by atoms with Gasteiger partial charge in [0.25, 0.3) is 0 Å². The molecule has 1 amide bonds. The first-order chi connectivity index (χ1) is 9.13. The zero-order chi connectivity index (χ0) is 14.3. The van der Waals surface area contributed by atoms with E-state index in [1.54, 1.807) is 0 Å². The maximum Gasteiger partial charge on any atom is 0.245 e. The number of hydrogen-bond acceptors (Lipinski definition) is 3. The topological polar surface area (TPSA) is 52.6 Å². The van der Waals surface area contributed by atoms with Crippen LogP contribution in [0, 0.1) is 0 Å². The lowest BCUT2D eigenvalue weighted by atomic mass is 10.0. The minimum atomic E-state index is -0.493. The molecule has 4 nitrogen and oxygen atoms in total. The van der Waals surface area contributed by atoms with Gasteiger partial charge in [-0.15, -0.1) is 0 Å². The highest BCUT2D eigenvalue weighted by Crippen LogP contribution is 2.26. The number of nitrogens with zero attached hydrogens (tertiary/aromatic N) is 1. The van der Waals surface area contributed by atoms with Gasteiger partial charge in [0, 0.05) is 11.6 Å². The molecule has 0 aliphatic rings. The highest BCUT2D eigenvalue weighted by molar-refractivity contribution is 6.31. The van der Waals surface area contributed by atoms with E-state index < -0.39 is 6.61 Å². The summed E-state index contributed by atoms with van der Waals surface area (Å²) < 4.78 is 0. The number of aliphatic hydroxyl groups excluding tert-OH is 1. The summed E-state index contributed by atoms with van der Waals surface area (Å²) >= 11 is 6.24. The van der Waals surface area contributed by atoms with Crippen molar-refractivity contribution in [3.05, 3.63) is 34.9 Å². The van der Waals surface area contributed by atoms with Crippen LogP contribution in [0.2, 0.25) is 5.02 Å². The molecule has 5 heteroatoms. The molecule has 1 unspecified atom stereocenters. The Morgan fingerprint density at radius 1 is 1.37 bits per heavy atom. The van der Waals surface area contributed by atoms with Crippen molar-refractivity contribution in [1.29, 1.82) is 0 Å². The molecule has 1 rings (SSSR count). The van der Waals surface area contributed by atoms with Crippen molar-refractivity contribution in [3.8, 4) is 0 Å². The normalized spacial score (nSPS) is 12.5. The number of nitrogens with one attached hydrogen (secondary N) is 1. The third-order valence-electron chi connectivity index (χ3n) is 3.15. The summed E-state index contributed by atoms with van der Waals surface area (Å²) in [5.41, 5.74) is 0.992. The summed E-state index contributed by atoms with van der Waals surface area (Å²) in [5.74, 6) is -0.371. The van der Waals surface area contributed by atoms with E-state index in [0.29, 0.717) is 11.6 Å². The molecule has 0 saturated heterocycles. The summed E-state index contributed by atoms with van der Waals surface area (Å²) in [5, 5.41) is 12.2. The van der Waals surface area contributed by atoms with Gasteiger partial charge < -0.3 is 10.4 Å². The number of amides is 1. The number of hydrogen-bond donors (Lipinski definition) is 2. The second kappa shape index (κ2) is 8.15. The maximum atomic E-state index is 11.2. The average Bonchev–Trinajstić information content (AvgIpc) is 2.44. The van der Waals surface area contributed by atoms with Crippen LogP contribution in [0.25, 0.3) is 0 Å². The number of carbonyl (C=O) groups excluding carboxylic acids is 1. The van der Waals surface area contributed by atoms with Crippen LogP contribution in [-0.4, -0.2) is 42.2 Å². The molecule has 1 atom stereocenters. The van der Waals surface area contributed by atoms with Crippen molar-refractivity contribution in [2.24, 2.45) is 0 Å². The molecule has 106 valence electrons. The van der Waals surface area contributed by atoms with Crippen LogP contribution in [0.5, 0.6) is 0 Å². The third-order valence-corrected chi connectivity index (χ3v) is 3.50. The Morgan fingerprint density at radius 3 is 2.53 bits per heavy atom. The summed E-state index contributed by atoms with van der Waals surface area (Å²) in [6, 6.07) is 7.65. The van der Waals surface area contributed by atoms with E-state index in [4.69, 9.17) is 16.7 Å². The SMILES string of the molecule is CCN(CC)C(CNC(=O)CO)c1ccccc1Cl. The third kappa shape index (κ3) is 4.49. The van der Waals surface area contributed by atoms with E-state index in [1.165, 1.54) is 0 Å². The number of halogens is 1. The summed E-state index contributed by atoms with van der Waals surface area (Å²) in [6.07, 6.45) is 0. The number of likely N-dealkylation sites (N-methyl/N-ethyl adjacent to an activating group) is 1. The molecule has 0 radical (unpaired) electrons. The second-order valence-corrected chi connectivity index (χ2v) is 4.63. The first-order valence-electron chi connectivity index (χ1n) is 6.50. The summed E-state index contributed by atoms with van der Waals surface area (Å²) in [6.45, 7) is 5.81. The van der Waals surface area contributed by atoms with Crippen molar-refractivity contribution < 1.29 is 9.90 Å². The molecule has 0 heterocycles. The van der Waals surface area contributed by atoms with Crippen LogP contribution >= 0.6 is 11.6 Å². The van der Waals surface area contributed by atoms with E-state index in [0.717, 1.165) is 18.7 Å². The van der Waals surface area contributed by atoms with Gasteiger partial charge >= 0.3 is 0 Å².